The number of benzene rings is 2. The zero-order chi connectivity index (χ0) is 17.9. The van der Waals surface area contributed by atoms with E-state index in [0.29, 0.717) is 13.2 Å². The largest absolute Gasteiger partial charge is 0.374 e. The lowest BCUT2D eigenvalue weighted by atomic mass is 10.2. The van der Waals surface area contributed by atoms with Gasteiger partial charge in [0.1, 0.15) is 0 Å². The van der Waals surface area contributed by atoms with E-state index in [9.17, 15) is 4.79 Å². The van der Waals surface area contributed by atoms with E-state index in [0.717, 1.165) is 11.1 Å². The van der Waals surface area contributed by atoms with Gasteiger partial charge in [0.05, 0.1) is 25.9 Å². The van der Waals surface area contributed by atoms with Gasteiger partial charge in [0.2, 0.25) is 0 Å². The minimum Gasteiger partial charge on any atom is -0.374 e. The molecule has 25 heavy (non-hydrogen) atoms. The van der Waals surface area contributed by atoms with Gasteiger partial charge in [0.25, 0.3) is 0 Å². The molecule has 5 heteroatoms. The smallest absolute Gasteiger partial charge is 0.339 e. The SMILES string of the molecule is CC(=O)OOC(COCc1ccccc1)C(C)OCc1ccccc1. The number of hydrogen-bond acceptors (Lipinski definition) is 5. The minimum atomic E-state index is -0.517. The first-order chi connectivity index (χ1) is 12.1. The van der Waals surface area contributed by atoms with Crippen molar-refractivity contribution in [3.05, 3.63) is 71.8 Å². The molecule has 0 fully saturated rings. The first-order valence-electron chi connectivity index (χ1n) is 8.26. The Labute approximate surface area is 148 Å². The second kappa shape index (κ2) is 10.6. The Hall–Kier alpha value is -2.21. The van der Waals surface area contributed by atoms with Crippen LogP contribution >= 0.6 is 0 Å². The molecule has 2 atom stereocenters. The highest BCUT2D eigenvalue weighted by atomic mass is 17.2. The molecule has 0 spiro atoms. The summed E-state index contributed by atoms with van der Waals surface area (Å²) in [6, 6.07) is 19.7. The van der Waals surface area contributed by atoms with Crippen molar-refractivity contribution in [2.45, 2.75) is 39.3 Å². The molecular formula is C20H24O5. The summed E-state index contributed by atoms with van der Waals surface area (Å²) in [5.74, 6) is -0.511. The lowest BCUT2D eigenvalue weighted by Gasteiger charge is -2.22. The predicted molar refractivity (Wildman–Crippen MR) is 93.4 cm³/mol. The van der Waals surface area contributed by atoms with Crippen molar-refractivity contribution in [1.82, 2.24) is 0 Å². The zero-order valence-corrected chi connectivity index (χ0v) is 14.6. The van der Waals surface area contributed by atoms with Gasteiger partial charge < -0.3 is 9.47 Å². The molecule has 0 saturated carbocycles. The van der Waals surface area contributed by atoms with Crippen LogP contribution in [0.15, 0.2) is 60.7 Å². The van der Waals surface area contributed by atoms with Gasteiger partial charge in [-0.15, -0.1) is 0 Å². The van der Waals surface area contributed by atoms with E-state index in [1.165, 1.54) is 6.92 Å². The van der Waals surface area contributed by atoms with Crippen LogP contribution in [0.3, 0.4) is 0 Å². The van der Waals surface area contributed by atoms with E-state index in [1.54, 1.807) is 0 Å². The van der Waals surface area contributed by atoms with Gasteiger partial charge in [-0.05, 0) is 18.1 Å². The fourth-order valence-corrected chi connectivity index (χ4v) is 2.15. The van der Waals surface area contributed by atoms with Crippen LogP contribution in [0.5, 0.6) is 0 Å². The average Bonchev–Trinajstić information content (AvgIpc) is 2.64. The first kappa shape index (κ1) is 19.1. The van der Waals surface area contributed by atoms with Crippen LogP contribution in [0.1, 0.15) is 25.0 Å². The van der Waals surface area contributed by atoms with Gasteiger partial charge in [-0.25, -0.2) is 4.79 Å². The van der Waals surface area contributed by atoms with E-state index in [-0.39, 0.29) is 12.7 Å². The topological polar surface area (TPSA) is 54.0 Å². The molecule has 2 aromatic rings. The summed E-state index contributed by atoms with van der Waals surface area (Å²) in [7, 11) is 0. The van der Waals surface area contributed by atoms with Gasteiger partial charge in [-0.3, -0.25) is 4.89 Å². The van der Waals surface area contributed by atoms with Crippen LogP contribution in [-0.4, -0.2) is 24.8 Å². The fraction of sp³-hybridized carbons (Fsp3) is 0.350. The summed E-state index contributed by atoms with van der Waals surface area (Å²) in [4.78, 5) is 20.9. The molecule has 134 valence electrons. The third kappa shape index (κ3) is 7.47. The Balaban J connectivity index is 1.83. The van der Waals surface area contributed by atoms with E-state index in [4.69, 9.17) is 14.4 Å². The van der Waals surface area contributed by atoms with Gasteiger partial charge in [-0.2, -0.15) is 4.89 Å². The van der Waals surface area contributed by atoms with Crippen molar-refractivity contribution in [3.63, 3.8) is 0 Å². The van der Waals surface area contributed by atoms with Crippen LogP contribution in [0.2, 0.25) is 0 Å². The van der Waals surface area contributed by atoms with Crippen molar-refractivity contribution in [2.24, 2.45) is 0 Å². The summed E-state index contributed by atoms with van der Waals surface area (Å²) in [6.45, 7) is 4.30. The summed E-state index contributed by atoms with van der Waals surface area (Å²) in [5, 5.41) is 0. The molecule has 0 amide bonds. The zero-order valence-electron chi connectivity index (χ0n) is 14.6. The molecule has 5 nitrogen and oxygen atoms in total. The Bertz CT molecular complexity index is 614. The van der Waals surface area contributed by atoms with Crippen molar-refractivity contribution >= 4 is 5.97 Å². The first-order valence-corrected chi connectivity index (χ1v) is 8.26. The van der Waals surface area contributed by atoms with E-state index >= 15 is 0 Å². The standard InChI is InChI=1S/C20H24O5/c1-16(23-14-19-11-7-4-8-12-19)20(25-24-17(2)21)15-22-13-18-9-5-3-6-10-18/h3-12,16,20H,13-15H2,1-2H3. The Morgan fingerprint density at radius 3 is 2.04 bits per heavy atom. The van der Waals surface area contributed by atoms with Crippen LogP contribution in [-0.2, 0) is 37.3 Å². The third-order valence-electron chi connectivity index (χ3n) is 3.56. The molecule has 0 radical (unpaired) electrons. The lowest BCUT2D eigenvalue weighted by molar-refractivity contribution is -0.319. The van der Waals surface area contributed by atoms with E-state index < -0.39 is 12.1 Å². The number of carbonyl (C=O) groups is 1. The highest BCUT2D eigenvalue weighted by Gasteiger charge is 2.22. The highest BCUT2D eigenvalue weighted by Crippen LogP contribution is 2.11. The molecule has 2 unspecified atom stereocenters. The van der Waals surface area contributed by atoms with Crippen molar-refractivity contribution in [2.75, 3.05) is 6.61 Å². The van der Waals surface area contributed by atoms with Crippen LogP contribution < -0.4 is 0 Å². The summed E-state index contributed by atoms with van der Waals surface area (Å²) in [6.07, 6.45) is -0.827. The Kier molecular flexibility index (Phi) is 8.12. The third-order valence-corrected chi connectivity index (χ3v) is 3.56. The number of ether oxygens (including phenoxy) is 2. The molecule has 0 aliphatic carbocycles. The monoisotopic (exact) mass is 344 g/mol. The maximum absolute atomic E-state index is 11.0. The van der Waals surface area contributed by atoms with Gasteiger partial charge in [0, 0.05) is 6.92 Å². The maximum Gasteiger partial charge on any atom is 0.339 e. The minimum absolute atomic E-state index is 0.248. The summed E-state index contributed by atoms with van der Waals surface area (Å²) >= 11 is 0. The molecule has 0 saturated heterocycles. The van der Waals surface area contributed by atoms with Crippen LogP contribution in [0.4, 0.5) is 0 Å². The number of hydrogen-bond donors (Lipinski definition) is 0. The summed E-state index contributed by atoms with van der Waals surface area (Å²) in [5.41, 5.74) is 2.12. The lowest BCUT2D eigenvalue weighted by Crippen LogP contribution is -2.34. The maximum atomic E-state index is 11.0. The van der Waals surface area contributed by atoms with Crippen molar-refractivity contribution < 1.29 is 24.0 Å². The second-order valence-corrected chi connectivity index (χ2v) is 5.71. The van der Waals surface area contributed by atoms with Gasteiger partial charge in [-0.1, -0.05) is 60.7 Å². The molecule has 0 aromatic heterocycles. The number of rotatable bonds is 10. The van der Waals surface area contributed by atoms with Crippen molar-refractivity contribution in [3.8, 4) is 0 Å². The van der Waals surface area contributed by atoms with Gasteiger partial charge in [0.15, 0.2) is 6.10 Å². The molecule has 0 aliphatic heterocycles. The summed E-state index contributed by atoms with van der Waals surface area (Å²) < 4.78 is 11.5. The molecule has 0 N–H and O–H groups in total. The quantitative estimate of drug-likeness (QED) is 0.486. The molecular weight excluding hydrogens is 320 g/mol. The van der Waals surface area contributed by atoms with Crippen LogP contribution in [0, 0.1) is 0 Å². The molecule has 0 bridgehead atoms. The molecule has 0 aliphatic rings. The Morgan fingerprint density at radius 2 is 1.48 bits per heavy atom. The molecule has 2 aromatic carbocycles. The second-order valence-electron chi connectivity index (χ2n) is 5.71. The Morgan fingerprint density at radius 1 is 0.920 bits per heavy atom. The van der Waals surface area contributed by atoms with E-state index in [2.05, 4.69) is 4.89 Å². The normalized spacial score (nSPS) is 13.2. The predicted octanol–water partition coefficient (Wildman–Crippen LogP) is 3.67. The molecule has 2 rings (SSSR count). The molecule has 0 heterocycles. The van der Waals surface area contributed by atoms with E-state index in [1.807, 2.05) is 67.6 Å². The van der Waals surface area contributed by atoms with Crippen LogP contribution in [0.25, 0.3) is 0 Å². The highest BCUT2D eigenvalue weighted by molar-refractivity contribution is 5.65. The number of carbonyl (C=O) groups excluding carboxylic acids is 1. The average molecular weight is 344 g/mol. The van der Waals surface area contributed by atoms with Gasteiger partial charge >= 0.3 is 5.97 Å². The van der Waals surface area contributed by atoms with Crippen molar-refractivity contribution in [1.29, 1.82) is 0 Å². The fourth-order valence-electron chi connectivity index (χ4n) is 2.15.